The lowest BCUT2D eigenvalue weighted by atomic mass is 9.87. The summed E-state index contributed by atoms with van der Waals surface area (Å²) >= 11 is 6.30. The molecule has 1 saturated heterocycles. The van der Waals surface area contributed by atoms with Crippen LogP contribution in [0.25, 0.3) is 6.08 Å². The zero-order valence-electron chi connectivity index (χ0n) is 16.9. The first-order valence-corrected chi connectivity index (χ1v) is 10.8. The first-order valence-electron chi connectivity index (χ1n) is 9.53. The number of carbonyl (C=O) groups excluding carboxylic acids is 1. The molecule has 0 unspecified atom stereocenters. The average molecular weight is 428 g/mol. The Labute approximate surface area is 181 Å². The van der Waals surface area contributed by atoms with Crippen LogP contribution in [0, 0.1) is 0 Å². The maximum atomic E-state index is 11.9. The molecule has 1 N–H and O–H groups in total. The molecule has 0 aromatic heterocycles. The minimum atomic E-state index is -0.166. The van der Waals surface area contributed by atoms with E-state index in [1.54, 1.807) is 0 Å². The standard InChI is InChI=1S/C23H25NO3S2/c1-23(2,3)17-9-11-18(12-10-17)26-13-6-14-27-19-8-5-4-7-16(19)15-20-21(25)24-22(28)29-20/h4-5,7-12,15H,6,13-14H2,1-3H3,(H,24,25,28)/b20-15-. The van der Waals surface area contributed by atoms with Crippen LogP contribution in [0.5, 0.6) is 11.5 Å². The van der Waals surface area contributed by atoms with Gasteiger partial charge in [0, 0.05) is 12.0 Å². The number of rotatable bonds is 7. The lowest BCUT2D eigenvalue weighted by molar-refractivity contribution is -0.115. The molecule has 6 heteroatoms. The van der Waals surface area contributed by atoms with Gasteiger partial charge in [-0.05, 0) is 35.3 Å². The maximum absolute atomic E-state index is 11.9. The molecule has 3 rings (SSSR count). The molecule has 1 aliphatic rings. The minimum Gasteiger partial charge on any atom is -0.493 e. The maximum Gasteiger partial charge on any atom is 0.263 e. The Morgan fingerprint density at radius 1 is 1.03 bits per heavy atom. The van der Waals surface area contributed by atoms with E-state index >= 15 is 0 Å². The fraction of sp³-hybridized carbons (Fsp3) is 0.304. The van der Waals surface area contributed by atoms with Crippen LogP contribution in [0.2, 0.25) is 0 Å². The normalized spacial score (nSPS) is 15.5. The summed E-state index contributed by atoms with van der Waals surface area (Å²) in [5, 5.41) is 2.62. The van der Waals surface area contributed by atoms with Crippen LogP contribution in [-0.2, 0) is 10.2 Å². The van der Waals surface area contributed by atoms with Gasteiger partial charge in [0.15, 0.2) is 0 Å². The summed E-state index contributed by atoms with van der Waals surface area (Å²) in [6, 6.07) is 15.9. The molecule has 2 aromatic rings. The number of hydrogen-bond donors (Lipinski definition) is 1. The van der Waals surface area contributed by atoms with E-state index in [-0.39, 0.29) is 11.3 Å². The van der Waals surface area contributed by atoms with E-state index < -0.39 is 0 Å². The lowest BCUT2D eigenvalue weighted by Gasteiger charge is -2.19. The Hall–Kier alpha value is -2.31. The highest BCUT2D eigenvalue weighted by Gasteiger charge is 2.22. The van der Waals surface area contributed by atoms with Crippen molar-refractivity contribution in [3.8, 4) is 11.5 Å². The fourth-order valence-corrected chi connectivity index (χ4v) is 3.81. The second-order valence-electron chi connectivity index (χ2n) is 7.71. The molecule has 0 radical (unpaired) electrons. The summed E-state index contributed by atoms with van der Waals surface area (Å²) in [6.45, 7) is 7.68. The summed E-state index contributed by atoms with van der Waals surface area (Å²) < 4.78 is 12.2. The van der Waals surface area contributed by atoms with E-state index in [0.29, 0.717) is 22.4 Å². The van der Waals surface area contributed by atoms with Gasteiger partial charge in [-0.25, -0.2) is 0 Å². The Bertz CT molecular complexity index is 914. The van der Waals surface area contributed by atoms with Gasteiger partial charge >= 0.3 is 0 Å². The third-order valence-corrected chi connectivity index (χ3v) is 5.55. The number of amides is 1. The molecule has 0 bridgehead atoms. The summed E-state index contributed by atoms with van der Waals surface area (Å²) in [6.07, 6.45) is 2.56. The van der Waals surface area contributed by atoms with Gasteiger partial charge in [0.2, 0.25) is 0 Å². The van der Waals surface area contributed by atoms with Crippen molar-refractivity contribution in [1.82, 2.24) is 5.32 Å². The number of hydrogen-bond acceptors (Lipinski definition) is 5. The zero-order chi connectivity index (χ0) is 20.9. The van der Waals surface area contributed by atoms with Crippen LogP contribution in [-0.4, -0.2) is 23.4 Å². The van der Waals surface area contributed by atoms with E-state index in [2.05, 4.69) is 38.2 Å². The van der Waals surface area contributed by atoms with Gasteiger partial charge in [0.25, 0.3) is 5.91 Å². The van der Waals surface area contributed by atoms with Crippen LogP contribution >= 0.6 is 24.0 Å². The number of carbonyl (C=O) groups is 1. The van der Waals surface area contributed by atoms with Gasteiger partial charge in [-0.1, -0.05) is 75.1 Å². The third-order valence-electron chi connectivity index (χ3n) is 4.38. The Balaban J connectivity index is 1.49. The van der Waals surface area contributed by atoms with Crippen LogP contribution in [0.15, 0.2) is 53.4 Å². The number of nitrogens with one attached hydrogen (secondary N) is 1. The van der Waals surface area contributed by atoms with E-state index in [9.17, 15) is 4.79 Å². The molecular formula is C23H25NO3S2. The number of ether oxygens (including phenoxy) is 2. The molecule has 0 aliphatic carbocycles. The molecule has 0 saturated carbocycles. The highest BCUT2D eigenvalue weighted by molar-refractivity contribution is 8.26. The summed E-state index contributed by atoms with van der Waals surface area (Å²) in [4.78, 5) is 12.4. The van der Waals surface area contributed by atoms with Gasteiger partial charge in [0.05, 0.1) is 18.1 Å². The topological polar surface area (TPSA) is 47.6 Å². The third kappa shape index (κ3) is 6.08. The predicted molar refractivity (Wildman–Crippen MR) is 123 cm³/mol. The van der Waals surface area contributed by atoms with Gasteiger partial charge in [-0.15, -0.1) is 0 Å². The number of benzene rings is 2. The van der Waals surface area contributed by atoms with Crippen molar-refractivity contribution in [2.45, 2.75) is 32.6 Å². The van der Waals surface area contributed by atoms with Crippen LogP contribution in [0.4, 0.5) is 0 Å². The highest BCUT2D eigenvalue weighted by atomic mass is 32.2. The van der Waals surface area contributed by atoms with E-state index in [0.717, 1.165) is 23.5 Å². The number of para-hydroxylation sites is 1. The first-order chi connectivity index (χ1) is 13.8. The fourth-order valence-electron chi connectivity index (χ4n) is 2.78. The van der Waals surface area contributed by atoms with Gasteiger partial charge in [-0.3, -0.25) is 4.79 Å². The molecule has 152 valence electrons. The number of thioether (sulfide) groups is 1. The number of thiocarbonyl (C=S) groups is 1. The molecule has 0 spiro atoms. The lowest BCUT2D eigenvalue weighted by Crippen LogP contribution is -2.17. The molecule has 29 heavy (non-hydrogen) atoms. The summed E-state index contributed by atoms with van der Waals surface area (Å²) in [7, 11) is 0. The molecule has 2 aromatic carbocycles. The quantitative estimate of drug-likeness (QED) is 0.368. The largest absolute Gasteiger partial charge is 0.493 e. The van der Waals surface area contributed by atoms with Gasteiger partial charge in [-0.2, -0.15) is 0 Å². The van der Waals surface area contributed by atoms with Crippen molar-refractivity contribution in [3.63, 3.8) is 0 Å². The SMILES string of the molecule is CC(C)(C)c1ccc(OCCCOc2ccccc2/C=C2\SC(=S)NC2=O)cc1. The van der Waals surface area contributed by atoms with Crippen LogP contribution < -0.4 is 14.8 Å². The minimum absolute atomic E-state index is 0.137. The van der Waals surface area contributed by atoms with E-state index in [1.165, 1.54) is 17.3 Å². The molecule has 1 aliphatic heterocycles. The average Bonchev–Trinajstić information content (AvgIpc) is 2.99. The van der Waals surface area contributed by atoms with Crippen molar-refractivity contribution in [1.29, 1.82) is 0 Å². The molecule has 4 nitrogen and oxygen atoms in total. The Kier molecular flexibility index (Phi) is 6.98. The zero-order valence-corrected chi connectivity index (χ0v) is 18.5. The molecule has 1 amide bonds. The second-order valence-corrected chi connectivity index (χ2v) is 9.43. The Morgan fingerprint density at radius 2 is 1.72 bits per heavy atom. The van der Waals surface area contributed by atoms with Crippen molar-refractivity contribution in [2.24, 2.45) is 0 Å². The molecular weight excluding hydrogens is 402 g/mol. The molecule has 1 fully saturated rings. The van der Waals surface area contributed by atoms with E-state index in [4.69, 9.17) is 21.7 Å². The first kappa shape index (κ1) is 21.4. The second kappa shape index (κ2) is 9.46. The van der Waals surface area contributed by atoms with Crippen LogP contribution in [0.3, 0.4) is 0 Å². The highest BCUT2D eigenvalue weighted by Crippen LogP contribution is 2.29. The Morgan fingerprint density at radius 3 is 2.38 bits per heavy atom. The van der Waals surface area contributed by atoms with Crippen molar-refractivity contribution >= 4 is 40.3 Å². The van der Waals surface area contributed by atoms with Crippen LogP contribution in [0.1, 0.15) is 38.3 Å². The van der Waals surface area contributed by atoms with Crippen molar-refractivity contribution in [2.75, 3.05) is 13.2 Å². The van der Waals surface area contributed by atoms with Gasteiger partial charge in [0.1, 0.15) is 15.8 Å². The van der Waals surface area contributed by atoms with Gasteiger partial charge < -0.3 is 14.8 Å². The monoisotopic (exact) mass is 427 g/mol. The smallest absolute Gasteiger partial charge is 0.263 e. The molecule has 1 heterocycles. The summed E-state index contributed by atoms with van der Waals surface area (Å²) in [5.41, 5.74) is 2.28. The summed E-state index contributed by atoms with van der Waals surface area (Å²) in [5.74, 6) is 1.44. The predicted octanol–water partition coefficient (Wildman–Crippen LogP) is 5.32. The van der Waals surface area contributed by atoms with Crippen molar-refractivity contribution < 1.29 is 14.3 Å². The van der Waals surface area contributed by atoms with E-state index in [1.807, 2.05) is 42.5 Å². The molecule has 0 atom stereocenters. The van der Waals surface area contributed by atoms with Crippen molar-refractivity contribution in [3.05, 3.63) is 64.6 Å².